The van der Waals surface area contributed by atoms with E-state index >= 15 is 0 Å². The van der Waals surface area contributed by atoms with Gasteiger partial charge in [-0.1, -0.05) is 18.6 Å². The number of ether oxygens (including phenoxy) is 2. The molecule has 0 spiro atoms. The molecule has 5 nitrogen and oxygen atoms in total. The van der Waals surface area contributed by atoms with Crippen LogP contribution in [0.5, 0.6) is 5.75 Å². The maximum absolute atomic E-state index is 12.5. The average molecular weight is 447 g/mol. The summed E-state index contributed by atoms with van der Waals surface area (Å²) in [5, 5.41) is 2.98. The summed E-state index contributed by atoms with van der Waals surface area (Å²) in [5.41, 5.74) is 6.90. The molecule has 1 heterocycles. The Kier molecular flexibility index (Phi) is 7.84. The number of carbonyl (C=O) groups excluding carboxylic acids is 1. The predicted molar refractivity (Wildman–Crippen MR) is 132 cm³/mol. The molecule has 1 aliphatic rings. The fourth-order valence-corrected chi connectivity index (χ4v) is 4.55. The Bertz CT molecular complexity index is 1070. The lowest BCUT2D eigenvalue weighted by molar-refractivity contribution is 0.0944. The lowest BCUT2D eigenvalue weighted by Crippen LogP contribution is -2.25. The maximum Gasteiger partial charge on any atom is 0.251 e. The number of methoxy groups -OCH3 is 1. The van der Waals surface area contributed by atoms with Gasteiger partial charge in [0.2, 0.25) is 0 Å². The minimum absolute atomic E-state index is 0.0441. The van der Waals surface area contributed by atoms with Gasteiger partial charge in [-0.3, -0.25) is 4.79 Å². The van der Waals surface area contributed by atoms with E-state index in [1.54, 1.807) is 7.11 Å². The van der Waals surface area contributed by atoms with Crippen molar-refractivity contribution in [3.8, 4) is 22.7 Å². The summed E-state index contributed by atoms with van der Waals surface area (Å²) in [5.74, 6) is 0.809. The molecule has 2 aromatic carbocycles. The molecule has 0 radical (unpaired) electrons. The number of benzene rings is 2. The molecule has 0 fully saturated rings. The highest BCUT2D eigenvalue weighted by molar-refractivity contribution is 5.94. The molecule has 0 unspecified atom stereocenters. The topological polar surface area (TPSA) is 52.5 Å². The van der Waals surface area contributed by atoms with Crippen molar-refractivity contribution >= 4 is 5.91 Å². The molecule has 0 saturated heterocycles. The summed E-state index contributed by atoms with van der Waals surface area (Å²) >= 11 is 0. The molecule has 1 aromatic heterocycles. The highest BCUT2D eigenvalue weighted by Gasteiger charge is 2.20. The first kappa shape index (κ1) is 23.1. The first-order chi connectivity index (χ1) is 16.2. The third kappa shape index (κ3) is 5.48. The Morgan fingerprint density at radius 3 is 2.64 bits per heavy atom. The van der Waals surface area contributed by atoms with Gasteiger partial charge in [0, 0.05) is 42.3 Å². The van der Waals surface area contributed by atoms with Crippen LogP contribution < -0.4 is 10.1 Å². The molecule has 1 N–H and O–H groups in total. The van der Waals surface area contributed by atoms with Crippen molar-refractivity contribution in [2.75, 3.05) is 26.9 Å². The van der Waals surface area contributed by atoms with Crippen LogP contribution in [-0.4, -0.2) is 37.3 Å². The first-order valence-corrected chi connectivity index (χ1v) is 12.1. The van der Waals surface area contributed by atoms with Crippen molar-refractivity contribution in [1.29, 1.82) is 0 Å². The van der Waals surface area contributed by atoms with E-state index < -0.39 is 0 Å². The monoisotopic (exact) mass is 446 g/mol. The average Bonchev–Trinajstić information content (AvgIpc) is 3.06. The Hall–Kier alpha value is -3.05. The molecule has 0 saturated carbocycles. The van der Waals surface area contributed by atoms with Crippen molar-refractivity contribution < 1.29 is 14.3 Å². The molecular formula is C28H34N2O3. The molecule has 1 aliphatic carbocycles. The normalized spacial score (nSPS) is 13.3. The summed E-state index contributed by atoms with van der Waals surface area (Å²) in [7, 11) is 1.70. The number of nitrogens with zero attached hydrogens (tertiary/aromatic N) is 1. The second-order valence-electron chi connectivity index (χ2n) is 8.48. The van der Waals surface area contributed by atoms with Gasteiger partial charge in [-0.15, -0.1) is 0 Å². The van der Waals surface area contributed by atoms with E-state index in [9.17, 15) is 4.79 Å². The number of amides is 1. The highest BCUT2D eigenvalue weighted by atomic mass is 16.5. The lowest BCUT2D eigenvalue weighted by Gasteiger charge is -2.15. The van der Waals surface area contributed by atoms with Crippen LogP contribution in [-0.2, 0) is 17.6 Å². The summed E-state index contributed by atoms with van der Waals surface area (Å²) in [6.45, 7) is 3.97. The third-order valence-electron chi connectivity index (χ3n) is 6.26. The Labute approximate surface area is 196 Å². The first-order valence-electron chi connectivity index (χ1n) is 12.1. The van der Waals surface area contributed by atoms with Gasteiger partial charge in [0.1, 0.15) is 5.75 Å². The van der Waals surface area contributed by atoms with Crippen molar-refractivity contribution in [3.63, 3.8) is 0 Å². The van der Waals surface area contributed by atoms with Gasteiger partial charge < -0.3 is 19.4 Å². The van der Waals surface area contributed by atoms with Gasteiger partial charge >= 0.3 is 0 Å². The van der Waals surface area contributed by atoms with Gasteiger partial charge in [-0.2, -0.15) is 0 Å². The number of hydrogen-bond acceptors (Lipinski definition) is 3. The largest absolute Gasteiger partial charge is 0.497 e. The molecule has 5 heteroatoms. The smallest absolute Gasteiger partial charge is 0.251 e. The van der Waals surface area contributed by atoms with Crippen LogP contribution in [0.4, 0.5) is 0 Å². The molecule has 174 valence electrons. The quantitative estimate of drug-likeness (QED) is 0.345. The SMILES string of the molecule is CCOCCCNC(=O)c1ccc(-n2c(-c3cccc(OC)c3)cc3c2CCCCC3)cc1. The van der Waals surface area contributed by atoms with Crippen LogP contribution in [0.25, 0.3) is 16.9 Å². The minimum atomic E-state index is -0.0441. The summed E-state index contributed by atoms with van der Waals surface area (Å²) in [6.07, 6.45) is 6.71. The summed E-state index contributed by atoms with van der Waals surface area (Å²) in [4.78, 5) is 12.5. The number of hydrogen-bond donors (Lipinski definition) is 1. The van der Waals surface area contributed by atoms with Crippen LogP contribution in [0.2, 0.25) is 0 Å². The van der Waals surface area contributed by atoms with Crippen LogP contribution >= 0.6 is 0 Å². The van der Waals surface area contributed by atoms with Crippen LogP contribution in [0.1, 0.15) is 54.2 Å². The van der Waals surface area contributed by atoms with Gasteiger partial charge in [0.25, 0.3) is 5.91 Å². The van der Waals surface area contributed by atoms with Crippen molar-refractivity contribution in [1.82, 2.24) is 9.88 Å². The molecule has 0 atom stereocenters. The van der Waals surface area contributed by atoms with E-state index in [1.807, 2.05) is 31.2 Å². The Morgan fingerprint density at radius 2 is 1.85 bits per heavy atom. The van der Waals surface area contributed by atoms with E-state index in [4.69, 9.17) is 9.47 Å². The Morgan fingerprint density at radius 1 is 1.03 bits per heavy atom. The standard InChI is InChI=1S/C28H34N2O3/c1-3-33-18-8-17-29-28(31)21-13-15-24(16-14-21)30-26-12-6-4-5-9-23(26)20-27(30)22-10-7-11-25(19-22)32-2/h7,10-11,13-16,19-20H,3-6,8-9,12,17-18H2,1-2H3,(H,29,31). The number of aromatic nitrogens is 1. The minimum Gasteiger partial charge on any atom is -0.497 e. The molecule has 33 heavy (non-hydrogen) atoms. The second-order valence-corrected chi connectivity index (χ2v) is 8.48. The molecule has 1 amide bonds. The van der Waals surface area contributed by atoms with Crippen LogP contribution in [0.15, 0.2) is 54.6 Å². The zero-order valence-corrected chi connectivity index (χ0v) is 19.7. The van der Waals surface area contributed by atoms with E-state index in [0.717, 1.165) is 36.3 Å². The fraction of sp³-hybridized carbons (Fsp3) is 0.393. The third-order valence-corrected chi connectivity index (χ3v) is 6.26. The van der Waals surface area contributed by atoms with E-state index in [1.165, 1.54) is 36.2 Å². The molecule has 0 aliphatic heterocycles. The number of nitrogens with one attached hydrogen (secondary N) is 1. The number of carbonyl (C=O) groups is 1. The molecule has 0 bridgehead atoms. The zero-order valence-electron chi connectivity index (χ0n) is 19.7. The van der Waals surface area contributed by atoms with Crippen LogP contribution in [0.3, 0.4) is 0 Å². The lowest BCUT2D eigenvalue weighted by atomic mass is 10.1. The highest BCUT2D eigenvalue weighted by Crippen LogP contribution is 2.34. The predicted octanol–water partition coefficient (Wildman–Crippen LogP) is 5.58. The van der Waals surface area contributed by atoms with Gasteiger partial charge in [-0.25, -0.2) is 0 Å². The molecule has 3 aromatic rings. The zero-order chi connectivity index (χ0) is 23.0. The maximum atomic E-state index is 12.5. The Balaban J connectivity index is 1.62. The molecular weight excluding hydrogens is 412 g/mol. The number of rotatable bonds is 9. The fourth-order valence-electron chi connectivity index (χ4n) is 4.55. The van der Waals surface area contributed by atoms with Crippen molar-refractivity contribution in [3.05, 3.63) is 71.4 Å². The number of fused-ring (bicyclic) bond motifs is 1. The van der Waals surface area contributed by atoms with Crippen molar-refractivity contribution in [2.24, 2.45) is 0 Å². The van der Waals surface area contributed by atoms with Gasteiger partial charge in [0.15, 0.2) is 0 Å². The van der Waals surface area contributed by atoms with Crippen molar-refractivity contribution in [2.45, 2.75) is 45.4 Å². The van der Waals surface area contributed by atoms with Crippen LogP contribution in [0, 0.1) is 0 Å². The second kappa shape index (κ2) is 11.2. The van der Waals surface area contributed by atoms with E-state index in [-0.39, 0.29) is 5.91 Å². The summed E-state index contributed by atoms with van der Waals surface area (Å²) < 4.78 is 13.2. The molecule has 4 rings (SSSR count). The van der Waals surface area contributed by atoms with E-state index in [2.05, 4.69) is 40.2 Å². The van der Waals surface area contributed by atoms with E-state index in [0.29, 0.717) is 25.3 Å². The number of aryl methyl sites for hydroxylation is 1. The summed E-state index contributed by atoms with van der Waals surface area (Å²) in [6, 6.07) is 18.5. The van der Waals surface area contributed by atoms with Gasteiger partial charge in [-0.05, 0) is 87.1 Å². The van der Waals surface area contributed by atoms with Gasteiger partial charge in [0.05, 0.1) is 12.8 Å².